The van der Waals surface area contributed by atoms with Crippen LogP contribution in [0.25, 0.3) is 0 Å². The molecular weight excluding hydrogens is 404 g/mol. The number of aromatic amines is 1. The third kappa shape index (κ3) is 7.84. The highest BCUT2D eigenvalue weighted by atomic mass is 16.4. The molecule has 0 aliphatic heterocycles. The van der Waals surface area contributed by atoms with Crippen molar-refractivity contribution in [2.24, 2.45) is 5.73 Å². The molecule has 0 aliphatic carbocycles. The van der Waals surface area contributed by atoms with E-state index in [0.717, 1.165) is 0 Å². The quantitative estimate of drug-likeness (QED) is 0.162. The molecule has 1 aromatic rings. The Labute approximate surface area is 170 Å². The first-order chi connectivity index (χ1) is 14.0. The molecule has 0 fully saturated rings. The number of hydrogen-bond donors (Lipinski definition) is 8. The number of carboxylic acids is 2. The second-order valence-electron chi connectivity index (χ2n) is 6.36. The minimum Gasteiger partial charge on any atom is -0.481 e. The number of carboxylic acid groups (broad SMARTS) is 2. The second kappa shape index (κ2) is 11.5. The number of carbonyl (C=O) groups excluding carboxylic acids is 3. The van der Waals surface area contributed by atoms with E-state index in [4.69, 9.17) is 10.8 Å². The minimum absolute atomic E-state index is 0.110. The number of carbonyl (C=O) groups is 5. The van der Waals surface area contributed by atoms with Gasteiger partial charge in [0.05, 0.1) is 25.4 Å². The van der Waals surface area contributed by atoms with Gasteiger partial charge in [-0.05, 0) is 6.92 Å². The van der Waals surface area contributed by atoms with Crippen LogP contribution in [0.5, 0.6) is 0 Å². The fourth-order valence-corrected chi connectivity index (χ4v) is 2.25. The van der Waals surface area contributed by atoms with Crippen molar-refractivity contribution in [3.8, 4) is 0 Å². The number of imidazole rings is 1. The van der Waals surface area contributed by atoms with Crippen LogP contribution in [0.3, 0.4) is 0 Å². The van der Waals surface area contributed by atoms with E-state index in [0.29, 0.717) is 5.69 Å². The van der Waals surface area contributed by atoms with Crippen molar-refractivity contribution in [3.05, 3.63) is 18.2 Å². The van der Waals surface area contributed by atoms with Crippen molar-refractivity contribution < 1.29 is 39.3 Å². The molecule has 4 atom stereocenters. The van der Waals surface area contributed by atoms with E-state index in [9.17, 15) is 34.2 Å². The number of nitrogens with two attached hydrogens (primary N) is 1. The largest absolute Gasteiger partial charge is 0.481 e. The van der Waals surface area contributed by atoms with Crippen LogP contribution in [-0.2, 0) is 30.4 Å². The van der Waals surface area contributed by atoms with Crippen LogP contribution in [0.4, 0.5) is 0 Å². The molecule has 30 heavy (non-hydrogen) atoms. The molecule has 0 saturated carbocycles. The Balaban J connectivity index is 2.66. The van der Waals surface area contributed by atoms with Gasteiger partial charge in [0.25, 0.3) is 0 Å². The molecule has 0 aliphatic rings. The van der Waals surface area contributed by atoms with Gasteiger partial charge in [-0.25, -0.2) is 9.78 Å². The lowest BCUT2D eigenvalue weighted by Crippen LogP contribution is -2.57. The highest BCUT2D eigenvalue weighted by molar-refractivity contribution is 5.94. The first-order valence-corrected chi connectivity index (χ1v) is 8.74. The van der Waals surface area contributed by atoms with Crippen molar-refractivity contribution in [2.45, 2.75) is 43.9 Å². The topological polar surface area (TPSA) is 237 Å². The number of aromatic nitrogens is 2. The highest BCUT2D eigenvalue weighted by Gasteiger charge is 2.29. The maximum atomic E-state index is 12.3. The SMILES string of the molecule is CC(NC(=O)C(N)CC(=O)O)C(=O)NC(CO)C(=O)NC(Cc1cnc[nH]1)C(=O)O. The van der Waals surface area contributed by atoms with Crippen molar-refractivity contribution in [1.29, 1.82) is 0 Å². The van der Waals surface area contributed by atoms with Crippen molar-refractivity contribution in [3.63, 3.8) is 0 Å². The van der Waals surface area contributed by atoms with Gasteiger partial charge in [0.2, 0.25) is 17.7 Å². The molecule has 1 aromatic heterocycles. The number of amides is 3. The lowest BCUT2D eigenvalue weighted by atomic mass is 10.1. The Morgan fingerprint density at radius 1 is 1.07 bits per heavy atom. The van der Waals surface area contributed by atoms with E-state index in [2.05, 4.69) is 25.9 Å². The van der Waals surface area contributed by atoms with Gasteiger partial charge < -0.3 is 42.0 Å². The van der Waals surface area contributed by atoms with E-state index in [1.54, 1.807) is 0 Å². The average molecular weight is 428 g/mol. The number of nitrogens with zero attached hydrogens (tertiary/aromatic N) is 1. The fourth-order valence-electron chi connectivity index (χ4n) is 2.25. The summed E-state index contributed by atoms with van der Waals surface area (Å²) in [5, 5.41) is 33.8. The Morgan fingerprint density at radius 2 is 1.70 bits per heavy atom. The first kappa shape index (κ1) is 24.5. The van der Waals surface area contributed by atoms with Crippen molar-refractivity contribution in [1.82, 2.24) is 25.9 Å². The van der Waals surface area contributed by atoms with Crippen molar-refractivity contribution >= 4 is 29.7 Å². The van der Waals surface area contributed by atoms with Gasteiger partial charge >= 0.3 is 11.9 Å². The van der Waals surface area contributed by atoms with Crippen LogP contribution < -0.4 is 21.7 Å². The van der Waals surface area contributed by atoms with Crippen LogP contribution in [0.1, 0.15) is 19.0 Å². The number of rotatable bonds is 12. The summed E-state index contributed by atoms with van der Waals surface area (Å²) in [6.07, 6.45) is 1.97. The number of nitrogens with one attached hydrogen (secondary N) is 4. The third-order valence-electron chi connectivity index (χ3n) is 3.89. The van der Waals surface area contributed by atoms with Gasteiger partial charge in [-0.15, -0.1) is 0 Å². The number of aliphatic carboxylic acids is 2. The van der Waals surface area contributed by atoms with Crippen LogP contribution in [-0.4, -0.2) is 85.7 Å². The Kier molecular flexibility index (Phi) is 9.38. The molecule has 0 radical (unpaired) electrons. The predicted octanol–water partition coefficient (Wildman–Crippen LogP) is -3.69. The summed E-state index contributed by atoms with van der Waals surface area (Å²) in [6.45, 7) is 0.415. The maximum Gasteiger partial charge on any atom is 0.326 e. The lowest BCUT2D eigenvalue weighted by Gasteiger charge is -2.22. The molecule has 0 bridgehead atoms. The van der Waals surface area contributed by atoms with Gasteiger partial charge in [-0.1, -0.05) is 0 Å². The van der Waals surface area contributed by atoms with Gasteiger partial charge in [0.1, 0.15) is 18.1 Å². The number of hydrogen-bond acceptors (Lipinski definition) is 8. The molecular formula is C16H24N6O8. The van der Waals surface area contributed by atoms with Crippen LogP contribution >= 0.6 is 0 Å². The van der Waals surface area contributed by atoms with Gasteiger partial charge in [0, 0.05) is 18.3 Å². The van der Waals surface area contributed by atoms with E-state index >= 15 is 0 Å². The summed E-state index contributed by atoms with van der Waals surface area (Å²) >= 11 is 0. The summed E-state index contributed by atoms with van der Waals surface area (Å²) in [7, 11) is 0. The monoisotopic (exact) mass is 428 g/mol. The summed E-state index contributed by atoms with van der Waals surface area (Å²) in [6, 6.07) is -5.43. The normalized spacial score (nSPS) is 14.6. The standard InChI is InChI=1S/C16H24N6O8/c1-7(20-14(27)9(17)3-12(24)25)13(26)22-11(5-23)15(28)21-10(16(29)30)2-8-4-18-6-19-8/h4,6-7,9-11,23H,2-3,5,17H2,1H3,(H,18,19)(H,20,27)(H,21,28)(H,22,26)(H,24,25)(H,29,30). The minimum atomic E-state index is -1.49. The van der Waals surface area contributed by atoms with Gasteiger partial charge in [-0.3, -0.25) is 19.2 Å². The zero-order valence-electron chi connectivity index (χ0n) is 16.0. The van der Waals surface area contributed by atoms with E-state index < -0.39 is 66.9 Å². The van der Waals surface area contributed by atoms with Crippen LogP contribution in [0.15, 0.2) is 12.5 Å². The summed E-state index contributed by atoms with van der Waals surface area (Å²) in [4.78, 5) is 64.6. The summed E-state index contributed by atoms with van der Waals surface area (Å²) in [5.41, 5.74) is 5.84. The molecule has 166 valence electrons. The molecule has 1 heterocycles. The van der Waals surface area contributed by atoms with Crippen molar-refractivity contribution in [2.75, 3.05) is 6.61 Å². The van der Waals surface area contributed by atoms with Crippen LogP contribution in [0.2, 0.25) is 0 Å². The molecule has 3 amide bonds. The number of aliphatic hydroxyl groups is 1. The predicted molar refractivity (Wildman–Crippen MR) is 98.7 cm³/mol. The first-order valence-electron chi connectivity index (χ1n) is 8.74. The van der Waals surface area contributed by atoms with Crippen LogP contribution in [0, 0.1) is 0 Å². The third-order valence-corrected chi connectivity index (χ3v) is 3.89. The van der Waals surface area contributed by atoms with Gasteiger partial charge in [-0.2, -0.15) is 0 Å². The highest BCUT2D eigenvalue weighted by Crippen LogP contribution is 2.00. The molecule has 0 saturated heterocycles. The average Bonchev–Trinajstić information content (AvgIpc) is 3.17. The zero-order chi connectivity index (χ0) is 22.8. The molecule has 0 spiro atoms. The number of aliphatic hydroxyl groups excluding tert-OH is 1. The molecule has 14 nitrogen and oxygen atoms in total. The maximum absolute atomic E-state index is 12.3. The van der Waals surface area contributed by atoms with E-state index in [-0.39, 0.29) is 6.42 Å². The molecule has 1 rings (SSSR count). The lowest BCUT2D eigenvalue weighted by molar-refractivity contribution is -0.142. The second-order valence-corrected chi connectivity index (χ2v) is 6.36. The smallest absolute Gasteiger partial charge is 0.326 e. The summed E-state index contributed by atoms with van der Waals surface area (Å²) in [5.74, 6) is -5.36. The fraction of sp³-hybridized carbons (Fsp3) is 0.500. The van der Waals surface area contributed by atoms with Gasteiger partial charge in [0.15, 0.2) is 0 Å². The Bertz CT molecular complexity index is 768. The number of H-pyrrole nitrogens is 1. The molecule has 0 aromatic carbocycles. The Morgan fingerprint density at radius 3 is 2.20 bits per heavy atom. The zero-order valence-corrected chi connectivity index (χ0v) is 16.0. The van der Waals surface area contributed by atoms with E-state index in [1.165, 1.54) is 19.4 Å². The molecule has 9 N–H and O–H groups in total. The molecule has 14 heteroatoms. The summed E-state index contributed by atoms with van der Waals surface area (Å²) < 4.78 is 0. The molecule has 4 unspecified atom stereocenters. The van der Waals surface area contributed by atoms with E-state index in [1.807, 2.05) is 0 Å². The Hall–Kier alpha value is -3.52.